The number of hydrogen-bond donors (Lipinski definition) is 1. The van der Waals surface area contributed by atoms with E-state index in [9.17, 15) is 0 Å². The number of hydrogen-bond acceptors (Lipinski definition) is 3. The van der Waals surface area contributed by atoms with Crippen LogP contribution in [0.3, 0.4) is 0 Å². The third-order valence-electron chi connectivity index (χ3n) is 2.75. The van der Waals surface area contributed by atoms with Crippen molar-refractivity contribution in [2.75, 3.05) is 13.2 Å². The highest BCUT2D eigenvalue weighted by molar-refractivity contribution is 5.20. The second-order valence-electron chi connectivity index (χ2n) is 4.13. The predicted octanol–water partition coefficient (Wildman–Crippen LogP) is 1.85. The number of aryl methyl sites for hydroxylation is 1. The quantitative estimate of drug-likeness (QED) is 0.757. The zero-order chi connectivity index (χ0) is 12.6. The zero-order valence-corrected chi connectivity index (χ0v) is 10.5. The lowest BCUT2D eigenvalue weighted by Gasteiger charge is -2.08. The molecular weight excluding hydrogens is 226 g/mol. The maximum atomic E-state index is 5.65. The standard InChI is InChI=1S/C14H19N3O/c15-8-7-13-11-16-12-17(13)9-4-10-18-14-5-2-1-3-6-14/h1-3,5-6,11-12H,4,7-10,15H2. The third-order valence-corrected chi connectivity index (χ3v) is 2.75. The van der Waals surface area contributed by atoms with Crippen LogP contribution >= 0.6 is 0 Å². The molecule has 0 aliphatic heterocycles. The highest BCUT2D eigenvalue weighted by atomic mass is 16.5. The van der Waals surface area contributed by atoms with E-state index in [0.717, 1.165) is 25.1 Å². The summed E-state index contributed by atoms with van der Waals surface area (Å²) >= 11 is 0. The van der Waals surface area contributed by atoms with Gasteiger partial charge in [-0.15, -0.1) is 0 Å². The van der Waals surface area contributed by atoms with Gasteiger partial charge in [0.1, 0.15) is 5.75 Å². The number of benzene rings is 1. The van der Waals surface area contributed by atoms with Gasteiger partial charge in [-0.25, -0.2) is 4.98 Å². The van der Waals surface area contributed by atoms with Gasteiger partial charge in [-0.05, 0) is 25.1 Å². The Morgan fingerprint density at radius 1 is 1.22 bits per heavy atom. The van der Waals surface area contributed by atoms with E-state index in [1.165, 1.54) is 5.69 Å². The number of para-hydroxylation sites is 1. The Morgan fingerprint density at radius 3 is 2.83 bits per heavy atom. The van der Waals surface area contributed by atoms with E-state index >= 15 is 0 Å². The van der Waals surface area contributed by atoms with Crippen molar-refractivity contribution in [1.29, 1.82) is 0 Å². The molecule has 2 rings (SSSR count). The summed E-state index contributed by atoms with van der Waals surface area (Å²) in [7, 11) is 0. The summed E-state index contributed by atoms with van der Waals surface area (Å²) in [6.45, 7) is 2.29. The highest BCUT2D eigenvalue weighted by Gasteiger charge is 2.00. The van der Waals surface area contributed by atoms with E-state index in [1.54, 1.807) is 0 Å². The van der Waals surface area contributed by atoms with Crippen molar-refractivity contribution >= 4 is 0 Å². The topological polar surface area (TPSA) is 53.1 Å². The van der Waals surface area contributed by atoms with Crippen molar-refractivity contribution in [2.24, 2.45) is 5.73 Å². The van der Waals surface area contributed by atoms with Crippen LogP contribution in [0.4, 0.5) is 0 Å². The smallest absolute Gasteiger partial charge is 0.119 e. The lowest BCUT2D eigenvalue weighted by Crippen LogP contribution is -2.10. The Labute approximate surface area is 107 Å². The molecule has 0 aliphatic carbocycles. The summed E-state index contributed by atoms with van der Waals surface area (Å²) in [6, 6.07) is 9.88. The fraction of sp³-hybridized carbons (Fsp3) is 0.357. The molecule has 0 fully saturated rings. The van der Waals surface area contributed by atoms with E-state index in [2.05, 4.69) is 9.55 Å². The molecule has 0 unspecified atom stereocenters. The molecule has 0 amide bonds. The van der Waals surface area contributed by atoms with Crippen molar-refractivity contribution in [3.05, 3.63) is 48.5 Å². The summed E-state index contributed by atoms with van der Waals surface area (Å²) in [5, 5.41) is 0. The van der Waals surface area contributed by atoms with Gasteiger partial charge in [0.2, 0.25) is 0 Å². The van der Waals surface area contributed by atoms with Gasteiger partial charge in [-0.3, -0.25) is 0 Å². The normalized spacial score (nSPS) is 10.5. The van der Waals surface area contributed by atoms with Gasteiger partial charge in [-0.2, -0.15) is 0 Å². The van der Waals surface area contributed by atoms with Crippen LogP contribution in [0.5, 0.6) is 5.75 Å². The number of rotatable bonds is 7. The van der Waals surface area contributed by atoms with Gasteiger partial charge >= 0.3 is 0 Å². The maximum Gasteiger partial charge on any atom is 0.119 e. The molecule has 1 aromatic heterocycles. The minimum atomic E-state index is 0.659. The molecule has 0 atom stereocenters. The van der Waals surface area contributed by atoms with Crippen LogP contribution in [-0.2, 0) is 13.0 Å². The van der Waals surface area contributed by atoms with Gasteiger partial charge < -0.3 is 15.0 Å². The molecule has 0 bridgehead atoms. The molecule has 0 aliphatic rings. The molecule has 0 saturated heterocycles. The predicted molar refractivity (Wildman–Crippen MR) is 71.5 cm³/mol. The van der Waals surface area contributed by atoms with Crippen molar-refractivity contribution < 1.29 is 4.74 Å². The highest BCUT2D eigenvalue weighted by Crippen LogP contribution is 2.09. The molecule has 2 N–H and O–H groups in total. The van der Waals surface area contributed by atoms with Crippen LogP contribution in [-0.4, -0.2) is 22.7 Å². The van der Waals surface area contributed by atoms with E-state index in [1.807, 2.05) is 42.9 Å². The minimum absolute atomic E-state index is 0.659. The van der Waals surface area contributed by atoms with Crippen molar-refractivity contribution in [3.8, 4) is 5.75 Å². The zero-order valence-electron chi connectivity index (χ0n) is 10.5. The van der Waals surface area contributed by atoms with Gasteiger partial charge in [-0.1, -0.05) is 18.2 Å². The van der Waals surface area contributed by atoms with E-state index < -0.39 is 0 Å². The molecule has 0 saturated carbocycles. The van der Waals surface area contributed by atoms with Crippen molar-refractivity contribution in [1.82, 2.24) is 9.55 Å². The van der Waals surface area contributed by atoms with E-state index in [4.69, 9.17) is 10.5 Å². The van der Waals surface area contributed by atoms with Crippen LogP contribution in [0.25, 0.3) is 0 Å². The molecular formula is C14H19N3O. The molecule has 1 heterocycles. The lowest BCUT2D eigenvalue weighted by molar-refractivity contribution is 0.301. The molecule has 96 valence electrons. The molecule has 2 aromatic rings. The Hall–Kier alpha value is -1.81. The summed E-state index contributed by atoms with van der Waals surface area (Å²) in [5.74, 6) is 0.922. The van der Waals surface area contributed by atoms with Gasteiger partial charge in [0.25, 0.3) is 0 Å². The van der Waals surface area contributed by atoms with Gasteiger partial charge in [0.15, 0.2) is 0 Å². The molecule has 0 spiro atoms. The third kappa shape index (κ3) is 3.60. The SMILES string of the molecule is NCCc1cncn1CCCOc1ccccc1. The van der Waals surface area contributed by atoms with Gasteiger partial charge in [0, 0.05) is 24.9 Å². The molecule has 4 heteroatoms. The molecule has 4 nitrogen and oxygen atoms in total. The number of nitrogens with two attached hydrogens (primary N) is 1. The molecule has 0 radical (unpaired) electrons. The summed E-state index contributed by atoms with van der Waals surface area (Å²) in [6.07, 6.45) is 5.57. The monoisotopic (exact) mass is 245 g/mol. The maximum absolute atomic E-state index is 5.65. The largest absolute Gasteiger partial charge is 0.494 e. The number of nitrogens with zero attached hydrogens (tertiary/aromatic N) is 2. The fourth-order valence-corrected chi connectivity index (χ4v) is 1.85. The molecule has 1 aromatic carbocycles. The minimum Gasteiger partial charge on any atom is -0.494 e. The second kappa shape index (κ2) is 6.81. The second-order valence-corrected chi connectivity index (χ2v) is 4.13. The van der Waals surface area contributed by atoms with Crippen LogP contribution < -0.4 is 10.5 Å². The Balaban J connectivity index is 1.73. The number of aromatic nitrogens is 2. The lowest BCUT2D eigenvalue weighted by atomic mass is 10.3. The van der Waals surface area contributed by atoms with E-state index in [-0.39, 0.29) is 0 Å². The Bertz CT molecular complexity index is 453. The average molecular weight is 245 g/mol. The van der Waals surface area contributed by atoms with Crippen LogP contribution in [0.1, 0.15) is 12.1 Å². The number of ether oxygens (including phenoxy) is 1. The first-order chi connectivity index (χ1) is 8.90. The first-order valence-corrected chi connectivity index (χ1v) is 6.27. The van der Waals surface area contributed by atoms with Crippen molar-refractivity contribution in [2.45, 2.75) is 19.4 Å². The Kier molecular flexibility index (Phi) is 4.78. The van der Waals surface area contributed by atoms with Crippen LogP contribution in [0.15, 0.2) is 42.9 Å². The Morgan fingerprint density at radius 2 is 2.06 bits per heavy atom. The summed E-state index contributed by atoms with van der Waals surface area (Å²) in [5.41, 5.74) is 6.75. The van der Waals surface area contributed by atoms with Gasteiger partial charge in [0.05, 0.1) is 12.9 Å². The average Bonchev–Trinajstić information content (AvgIpc) is 2.84. The number of imidazole rings is 1. The van der Waals surface area contributed by atoms with Crippen LogP contribution in [0.2, 0.25) is 0 Å². The van der Waals surface area contributed by atoms with E-state index in [0.29, 0.717) is 13.2 Å². The first kappa shape index (κ1) is 12.6. The van der Waals surface area contributed by atoms with Crippen molar-refractivity contribution in [3.63, 3.8) is 0 Å². The van der Waals surface area contributed by atoms with Crippen LogP contribution in [0, 0.1) is 0 Å². The summed E-state index contributed by atoms with van der Waals surface area (Å²) < 4.78 is 7.79. The summed E-state index contributed by atoms with van der Waals surface area (Å²) in [4.78, 5) is 4.14. The fourth-order valence-electron chi connectivity index (χ4n) is 1.85. The molecule has 18 heavy (non-hydrogen) atoms. The first-order valence-electron chi connectivity index (χ1n) is 6.27.